The second kappa shape index (κ2) is 20.7. The van der Waals surface area contributed by atoms with Crippen molar-refractivity contribution in [3.05, 3.63) is 58.1 Å². The summed E-state index contributed by atoms with van der Waals surface area (Å²) in [6, 6.07) is 7.66. The summed E-state index contributed by atoms with van der Waals surface area (Å²) in [7, 11) is -3.82. The number of aromatic hydroxyl groups is 1. The minimum atomic E-state index is -3.82. The van der Waals surface area contributed by atoms with E-state index in [1.54, 1.807) is 33.8 Å². The molecule has 0 saturated carbocycles. The van der Waals surface area contributed by atoms with Crippen molar-refractivity contribution < 1.29 is 33.5 Å². The van der Waals surface area contributed by atoms with Crippen molar-refractivity contribution in [2.24, 2.45) is 11.5 Å². The number of ether oxygens (including phenoxy) is 3. The Labute approximate surface area is 293 Å². The molecule has 2 aromatic carbocycles. The topological polar surface area (TPSA) is 175 Å². The number of hydrogen-bond donors (Lipinski definition) is 5. The van der Waals surface area contributed by atoms with Crippen LogP contribution in [-0.4, -0.2) is 60.8 Å². The molecule has 0 heterocycles. The third-order valence-corrected chi connectivity index (χ3v) is 10.0. The molecule has 0 amide bonds. The van der Waals surface area contributed by atoms with Crippen molar-refractivity contribution in [1.82, 2.24) is 10.2 Å². The maximum atomic E-state index is 14.8. The van der Waals surface area contributed by atoms with E-state index in [9.17, 15) is 19.3 Å². The van der Waals surface area contributed by atoms with Gasteiger partial charge in [-0.25, -0.2) is 10.2 Å². The molecule has 0 bridgehead atoms. The lowest BCUT2D eigenvalue weighted by atomic mass is 9.93. The number of unbranched alkanes of at least 4 members (excludes halogenated alkanes) is 2. The predicted molar refractivity (Wildman–Crippen MR) is 196 cm³/mol. The number of phenolic OH excluding ortho intramolecular Hbond substituents is 1. The first kappa shape index (κ1) is 42.2. The van der Waals surface area contributed by atoms with Gasteiger partial charge in [-0.05, 0) is 139 Å². The lowest BCUT2D eigenvalue weighted by Crippen LogP contribution is -2.46. The first-order chi connectivity index (χ1) is 23.1. The van der Waals surface area contributed by atoms with Gasteiger partial charge in [0.05, 0.1) is 12.2 Å². The normalized spacial score (nSPS) is 14.1. The number of carbonyl (C=O) groups is 2. The monoisotopic (exact) mass is 704 g/mol. The van der Waals surface area contributed by atoms with Crippen LogP contribution in [0.4, 0.5) is 0 Å². The number of aryl methyl sites for hydroxylation is 2. The molecule has 11 nitrogen and oxygen atoms in total. The molecule has 0 aliphatic heterocycles. The zero-order valence-electron chi connectivity index (χ0n) is 30.8. The molecule has 2 rings (SSSR count). The molecule has 12 heteroatoms. The van der Waals surface area contributed by atoms with E-state index in [4.69, 9.17) is 25.7 Å². The van der Waals surface area contributed by atoms with Crippen molar-refractivity contribution in [2.75, 3.05) is 19.4 Å². The number of esters is 2. The van der Waals surface area contributed by atoms with Gasteiger partial charge >= 0.3 is 11.9 Å². The summed E-state index contributed by atoms with van der Waals surface area (Å²) in [5, 5.41) is 16.4. The summed E-state index contributed by atoms with van der Waals surface area (Å²) in [6.45, 7) is 16.0. The van der Waals surface area contributed by atoms with Gasteiger partial charge in [-0.2, -0.15) is 0 Å². The molecule has 0 radical (unpaired) electrons. The third kappa shape index (κ3) is 14.4. The standard InChI is InChI=1S/C37H61N4O7P/c1-24(2)31-21-29(15-16-35(31)42)22-32-27(7)19-30(20-28(32)8)46-23-49(45,40-33(13-9-11-17-38)36(43)47-25(3)4)41-34(14-10-12-18-39)37(44)48-26(5)6/h15-16,19-21,24-26,33-34,42H,9-14,17-18,22-23,38-39H2,1-8H3,(H2,40,41,45). The lowest BCUT2D eigenvalue weighted by Gasteiger charge is -2.30. The average Bonchev–Trinajstić information content (AvgIpc) is 3.01. The number of carbonyl (C=O) groups excluding carboxylic acids is 2. The minimum Gasteiger partial charge on any atom is -0.508 e. The summed E-state index contributed by atoms with van der Waals surface area (Å²) in [4.78, 5) is 26.4. The molecular weight excluding hydrogens is 643 g/mol. The Morgan fingerprint density at radius 3 is 1.71 bits per heavy atom. The van der Waals surface area contributed by atoms with E-state index in [1.165, 1.54) is 0 Å². The number of nitrogens with one attached hydrogen (secondary N) is 2. The second-order valence-electron chi connectivity index (χ2n) is 13.7. The van der Waals surface area contributed by atoms with Crippen LogP contribution < -0.4 is 26.4 Å². The zero-order chi connectivity index (χ0) is 36.7. The molecule has 276 valence electrons. The molecule has 0 spiro atoms. The van der Waals surface area contributed by atoms with Gasteiger partial charge in [-0.15, -0.1) is 0 Å². The maximum Gasteiger partial charge on any atom is 0.323 e. The second-order valence-corrected chi connectivity index (χ2v) is 15.9. The van der Waals surface area contributed by atoms with Crippen LogP contribution in [0.2, 0.25) is 0 Å². The van der Waals surface area contributed by atoms with Crippen molar-refractivity contribution in [1.29, 1.82) is 0 Å². The van der Waals surface area contributed by atoms with Crippen LogP contribution in [0.5, 0.6) is 11.5 Å². The molecule has 0 aromatic heterocycles. The quantitative estimate of drug-likeness (QED) is 0.0526. The van der Waals surface area contributed by atoms with E-state index in [0.29, 0.717) is 69.5 Å². The van der Waals surface area contributed by atoms with Crippen LogP contribution >= 0.6 is 7.44 Å². The van der Waals surface area contributed by atoms with Crippen molar-refractivity contribution in [3.63, 3.8) is 0 Å². The van der Waals surface area contributed by atoms with Crippen LogP contribution in [0, 0.1) is 13.8 Å². The highest BCUT2D eigenvalue weighted by Gasteiger charge is 2.36. The molecular formula is C37H61N4O7P. The van der Waals surface area contributed by atoms with Gasteiger partial charge in [0.2, 0.25) is 7.44 Å². The van der Waals surface area contributed by atoms with Gasteiger partial charge in [-0.1, -0.05) is 38.8 Å². The Morgan fingerprint density at radius 2 is 1.29 bits per heavy atom. The molecule has 0 saturated heterocycles. The fourth-order valence-corrected chi connectivity index (χ4v) is 7.59. The number of rotatable bonds is 22. The van der Waals surface area contributed by atoms with Crippen molar-refractivity contribution in [2.45, 2.75) is 131 Å². The zero-order valence-corrected chi connectivity index (χ0v) is 31.7. The van der Waals surface area contributed by atoms with Crippen LogP contribution in [0.15, 0.2) is 30.3 Å². The molecule has 7 N–H and O–H groups in total. The van der Waals surface area contributed by atoms with E-state index in [0.717, 1.165) is 27.8 Å². The number of hydrogen-bond acceptors (Lipinski definition) is 9. The molecule has 0 aliphatic rings. The highest BCUT2D eigenvalue weighted by Crippen LogP contribution is 2.40. The molecule has 49 heavy (non-hydrogen) atoms. The lowest BCUT2D eigenvalue weighted by molar-refractivity contribution is -0.150. The number of nitrogens with two attached hydrogens (primary N) is 2. The smallest absolute Gasteiger partial charge is 0.323 e. The predicted octanol–water partition coefficient (Wildman–Crippen LogP) is 6.33. The van der Waals surface area contributed by atoms with Crippen LogP contribution in [0.25, 0.3) is 0 Å². The summed E-state index contributed by atoms with van der Waals surface area (Å²) >= 11 is 0. The van der Waals surface area contributed by atoms with E-state index >= 15 is 0 Å². The van der Waals surface area contributed by atoms with Crippen molar-refractivity contribution >= 4 is 19.4 Å². The van der Waals surface area contributed by atoms with Gasteiger partial charge in [0.1, 0.15) is 23.6 Å². The summed E-state index contributed by atoms with van der Waals surface area (Å²) in [6.07, 6.45) is 2.84. The largest absolute Gasteiger partial charge is 0.508 e. The fourth-order valence-electron chi connectivity index (χ4n) is 5.56. The molecule has 0 aliphatic carbocycles. The highest BCUT2D eigenvalue weighted by molar-refractivity contribution is 7.59. The first-order valence-corrected chi connectivity index (χ1v) is 19.5. The van der Waals surface area contributed by atoms with Crippen LogP contribution in [0.1, 0.15) is 114 Å². The van der Waals surface area contributed by atoms with E-state index < -0.39 is 31.5 Å². The molecule has 2 aromatic rings. The third-order valence-electron chi connectivity index (χ3n) is 8.07. The van der Waals surface area contributed by atoms with Gasteiger partial charge in [0.25, 0.3) is 0 Å². The van der Waals surface area contributed by atoms with E-state index in [-0.39, 0.29) is 24.5 Å². The number of phenols is 1. The Hall–Kier alpha value is -2.95. The molecule has 2 unspecified atom stereocenters. The highest BCUT2D eigenvalue weighted by atomic mass is 31.2. The Balaban J connectivity index is 2.43. The Kier molecular flexibility index (Phi) is 17.8. The van der Waals surface area contributed by atoms with Gasteiger partial charge in [0, 0.05) is 0 Å². The maximum absolute atomic E-state index is 14.8. The van der Waals surface area contributed by atoms with Crippen LogP contribution in [0.3, 0.4) is 0 Å². The Morgan fingerprint density at radius 1 is 0.796 bits per heavy atom. The molecule has 0 fully saturated rings. The number of benzene rings is 2. The minimum absolute atomic E-state index is 0.191. The first-order valence-electron chi connectivity index (χ1n) is 17.6. The van der Waals surface area contributed by atoms with Crippen molar-refractivity contribution in [3.8, 4) is 11.5 Å². The SMILES string of the molecule is Cc1cc(OCP(=O)(NC(CCCCN)C(=O)OC(C)C)NC(CCCCN)C(=O)OC(C)C)cc(C)c1Cc1ccc(O)c(C(C)C)c1. The average molecular weight is 705 g/mol. The van der Waals surface area contributed by atoms with Gasteiger partial charge < -0.3 is 30.8 Å². The summed E-state index contributed by atoms with van der Waals surface area (Å²) < 4.78 is 32.1. The summed E-state index contributed by atoms with van der Waals surface area (Å²) in [5.74, 6) is -0.0876. The molecule has 2 atom stereocenters. The fraction of sp³-hybridized carbons (Fsp3) is 0.622. The summed E-state index contributed by atoms with van der Waals surface area (Å²) in [5.41, 5.74) is 16.5. The van der Waals surface area contributed by atoms with Gasteiger partial charge in [0.15, 0.2) is 6.35 Å². The Bertz CT molecular complexity index is 1330. The van der Waals surface area contributed by atoms with Crippen LogP contribution in [-0.2, 0) is 30.0 Å². The van der Waals surface area contributed by atoms with E-state index in [2.05, 4.69) is 24.0 Å². The van der Waals surface area contributed by atoms with E-state index in [1.807, 2.05) is 38.1 Å². The van der Waals surface area contributed by atoms with Gasteiger partial charge in [-0.3, -0.25) is 14.2 Å².